The van der Waals surface area contributed by atoms with Gasteiger partial charge in [0.05, 0.1) is 6.61 Å². The highest BCUT2D eigenvalue weighted by atomic mass is 16.5. The summed E-state index contributed by atoms with van der Waals surface area (Å²) in [5.41, 5.74) is 3.12. The summed E-state index contributed by atoms with van der Waals surface area (Å²) in [7, 11) is 0. The van der Waals surface area contributed by atoms with E-state index < -0.39 is 18.1 Å². The minimum Gasteiger partial charge on any atom is -0.481 e. The fraction of sp³-hybridized carbons (Fsp3) is 0.259. The van der Waals surface area contributed by atoms with Crippen LogP contribution in [0.5, 0.6) is 5.75 Å². The van der Waals surface area contributed by atoms with E-state index >= 15 is 0 Å². The van der Waals surface area contributed by atoms with Gasteiger partial charge in [0.2, 0.25) is 0 Å². The third-order valence-electron chi connectivity index (χ3n) is 5.07. The Kier molecular flexibility index (Phi) is 8.44. The van der Waals surface area contributed by atoms with Crippen LogP contribution in [0.15, 0.2) is 84.9 Å². The molecule has 1 N–H and O–H groups in total. The van der Waals surface area contributed by atoms with E-state index in [9.17, 15) is 9.59 Å². The SMILES string of the molecule is CCOC(=O)C(Cc1ccccc1)NC(=O)C(CC)Oc1ccc(-c2ccccc2)cc1. The fourth-order valence-corrected chi connectivity index (χ4v) is 3.39. The molecule has 0 aliphatic heterocycles. The normalized spacial score (nSPS) is 12.4. The van der Waals surface area contributed by atoms with Gasteiger partial charge < -0.3 is 14.8 Å². The maximum absolute atomic E-state index is 12.9. The number of carbonyl (C=O) groups is 2. The molecule has 0 radical (unpaired) electrons. The van der Waals surface area contributed by atoms with Gasteiger partial charge in [-0.2, -0.15) is 0 Å². The molecule has 32 heavy (non-hydrogen) atoms. The minimum atomic E-state index is -0.775. The van der Waals surface area contributed by atoms with E-state index in [0.717, 1.165) is 16.7 Å². The third-order valence-corrected chi connectivity index (χ3v) is 5.07. The van der Waals surface area contributed by atoms with E-state index in [2.05, 4.69) is 5.32 Å². The van der Waals surface area contributed by atoms with Gasteiger partial charge in [-0.1, -0.05) is 79.7 Å². The molecule has 5 nitrogen and oxygen atoms in total. The van der Waals surface area contributed by atoms with E-state index in [1.807, 2.05) is 91.9 Å². The van der Waals surface area contributed by atoms with Gasteiger partial charge in [-0.05, 0) is 42.2 Å². The van der Waals surface area contributed by atoms with Gasteiger partial charge in [-0.25, -0.2) is 4.79 Å². The van der Waals surface area contributed by atoms with Gasteiger partial charge in [0.1, 0.15) is 11.8 Å². The van der Waals surface area contributed by atoms with Crippen LogP contribution in [0.4, 0.5) is 0 Å². The molecule has 3 aromatic rings. The second-order valence-electron chi connectivity index (χ2n) is 7.41. The van der Waals surface area contributed by atoms with Gasteiger partial charge in [-0.3, -0.25) is 4.79 Å². The van der Waals surface area contributed by atoms with Crippen LogP contribution in [0, 0.1) is 0 Å². The maximum Gasteiger partial charge on any atom is 0.328 e. The highest BCUT2D eigenvalue weighted by Gasteiger charge is 2.27. The molecule has 3 aromatic carbocycles. The quantitative estimate of drug-likeness (QED) is 0.468. The lowest BCUT2D eigenvalue weighted by Gasteiger charge is -2.22. The zero-order valence-electron chi connectivity index (χ0n) is 18.5. The van der Waals surface area contributed by atoms with Gasteiger partial charge in [0.25, 0.3) is 5.91 Å². The van der Waals surface area contributed by atoms with Crippen molar-refractivity contribution in [3.8, 4) is 16.9 Å². The molecular formula is C27H29NO4. The Balaban J connectivity index is 1.67. The van der Waals surface area contributed by atoms with Crippen molar-refractivity contribution in [3.05, 3.63) is 90.5 Å². The summed E-state index contributed by atoms with van der Waals surface area (Å²) >= 11 is 0. The molecule has 0 saturated carbocycles. The van der Waals surface area contributed by atoms with Crippen LogP contribution < -0.4 is 10.1 Å². The van der Waals surface area contributed by atoms with Crippen molar-refractivity contribution in [1.29, 1.82) is 0 Å². The molecule has 3 rings (SSSR count). The molecule has 5 heteroatoms. The number of hydrogen-bond donors (Lipinski definition) is 1. The number of rotatable bonds is 10. The number of hydrogen-bond acceptors (Lipinski definition) is 4. The number of ether oxygens (including phenoxy) is 2. The second kappa shape index (κ2) is 11.7. The molecule has 166 valence electrons. The number of nitrogens with one attached hydrogen (secondary N) is 1. The Hall–Kier alpha value is -3.60. The van der Waals surface area contributed by atoms with E-state index in [1.165, 1.54) is 0 Å². The highest BCUT2D eigenvalue weighted by Crippen LogP contribution is 2.23. The third kappa shape index (κ3) is 6.45. The lowest BCUT2D eigenvalue weighted by atomic mass is 10.1. The number of esters is 1. The lowest BCUT2D eigenvalue weighted by Crippen LogP contribution is -2.48. The van der Waals surface area contributed by atoms with E-state index in [1.54, 1.807) is 6.92 Å². The first kappa shape index (κ1) is 23.1. The van der Waals surface area contributed by atoms with Gasteiger partial charge >= 0.3 is 5.97 Å². The standard InChI is InChI=1S/C27H29NO4/c1-3-25(32-23-17-15-22(16-18-23)21-13-9-6-10-14-21)26(29)28-24(27(30)31-4-2)19-20-11-7-5-8-12-20/h5-18,24-25H,3-4,19H2,1-2H3,(H,28,29). The van der Waals surface area contributed by atoms with Crippen LogP contribution in [0.1, 0.15) is 25.8 Å². The molecule has 2 unspecified atom stereocenters. The molecule has 0 aromatic heterocycles. The first-order chi connectivity index (χ1) is 15.6. The van der Waals surface area contributed by atoms with Crippen molar-refractivity contribution in [3.63, 3.8) is 0 Å². The summed E-state index contributed by atoms with van der Waals surface area (Å²) in [6, 6.07) is 26.4. The van der Waals surface area contributed by atoms with Crippen molar-refractivity contribution >= 4 is 11.9 Å². The molecule has 0 aliphatic rings. The summed E-state index contributed by atoms with van der Waals surface area (Å²) in [6.45, 7) is 3.87. The van der Waals surface area contributed by atoms with Crippen molar-refractivity contribution in [2.45, 2.75) is 38.8 Å². The fourth-order valence-electron chi connectivity index (χ4n) is 3.39. The van der Waals surface area contributed by atoms with Crippen molar-refractivity contribution < 1.29 is 19.1 Å². The lowest BCUT2D eigenvalue weighted by molar-refractivity contribution is -0.148. The first-order valence-electron chi connectivity index (χ1n) is 10.9. The molecule has 0 heterocycles. The largest absolute Gasteiger partial charge is 0.481 e. The Morgan fingerprint density at radius 3 is 2.00 bits per heavy atom. The Labute approximate surface area is 189 Å². The average Bonchev–Trinajstić information content (AvgIpc) is 2.83. The van der Waals surface area contributed by atoms with Crippen molar-refractivity contribution in [1.82, 2.24) is 5.32 Å². The number of carbonyl (C=O) groups excluding carboxylic acids is 2. The molecule has 1 amide bonds. The average molecular weight is 432 g/mol. The molecule has 0 spiro atoms. The maximum atomic E-state index is 12.9. The molecule has 0 bridgehead atoms. The highest BCUT2D eigenvalue weighted by molar-refractivity contribution is 5.87. The number of benzene rings is 3. The molecular weight excluding hydrogens is 402 g/mol. The van der Waals surface area contributed by atoms with Crippen LogP contribution in [-0.4, -0.2) is 30.6 Å². The number of amides is 1. The summed E-state index contributed by atoms with van der Waals surface area (Å²) < 4.78 is 11.1. The predicted molar refractivity (Wildman–Crippen MR) is 125 cm³/mol. The van der Waals surface area contributed by atoms with Gasteiger partial charge in [-0.15, -0.1) is 0 Å². The van der Waals surface area contributed by atoms with Crippen molar-refractivity contribution in [2.75, 3.05) is 6.61 Å². The Morgan fingerprint density at radius 2 is 1.41 bits per heavy atom. The molecule has 2 atom stereocenters. The summed E-state index contributed by atoms with van der Waals surface area (Å²) in [6.07, 6.45) is 0.103. The topological polar surface area (TPSA) is 64.6 Å². The van der Waals surface area contributed by atoms with Crippen LogP contribution in [-0.2, 0) is 20.7 Å². The predicted octanol–water partition coefficient (Wildman–Crippen LogP) is 4.80. The summed E-state index contributed by atoms with van der Waals surface area (Å²) in [4.78, 5) is 25.4. The second-order valence-corrected chi connectivity index (χ2v) is 7.41. The van der Waals surface area contributed by atoms with E-state index in [4.69, 9.17) is 9.47 Å². The van der Waals surface area contributed by atoms with E-state index in [0.29, 0.717) is 18.6 Å². The smallest absolute Gasteiger partial charge is 0.328 e. The molecule has 0 aliphatic carbocycles. The zero-order chi connectivity index (χ0) is 22.8. The zero-order valence-corrected chi connectivity index (χ0v) is 18.5. The van der Waals surface area contributed by atoms with Gasteiger partial charge in [0.15, 0.2) is 6.10 Å². The van der Waals surface area contributed by atoms with Crippen LogP contribution in [0.3, 0.4) is 0 Å². The van der Waals surface area contributed by atoms with Crippen molar-refractivity contribution in [2.24, 2.45) is 0 Å². The molecule has 0 saturated heterocycles. The summed E-state index contributed by atoms with van der Waals surface area (Å²) in [5, 5.41) is 2.82. The monoisotopic (exact) mass is 431 g/mol. The summed E-state index contributed by atoms with van der Waals surface area (Å²) in [5.74, 6) is -0.192. The van der Waals surface area contributed by atoms with Crippen LogP contribution in [0.2, 0.25) is 0 Å². The van der Waals surface area contributed by atoms with Crippen LogP contribution >= 0.6 is 0 Å². The molecule has 0 fully saturated rings. The minimum absolute atomic E-state index is 0.251. The van der Waals surface area contributed by atoms with Gasteiger partial charge in [0, 0.05) is 6.42 Å². The first-order valence-corrected chi connectivity index (χ1v) is 10.9. The Bertz CT molecular complexity index is 987. The van der Waals surface area contributed by atoms with E-state index in [-0.39, 0.29) is 12.5 Å². The Morgan fingerprint density at radius 1 is 0.812 bits per heavy atom. The van der Waals surface area contributed by atoms with Crippen LogP contribution in [0.25, 0.3) is 11.1 Å².